The Kier molecular flexibility index (Phi) is 3.24. The van der Waals surface area contributed by atoms with Gasteiger partial charge in [-0.25, -0.2) is 0 Å². The average molecular weight is 242 g/mol. The standard InChI is InChI=1S/C12H16ClNO2/c1-2-12(6-3-7-12)8-14-11(15)9-4-5-10(13)16-9/h4-5H,2-3,6-8H2,1H3,(H,14,15). The number of hydrogen-bond donors (Lipinski definition) is 1. The van der Waals surface area contributed by atoms with Crippen molar-refractivity contribution in [3.05, 3.63) is 23.1 Å². The number of hydrogen-bond acceptors (Lipinski definition) is 2. The summed E-state index contributed by atoms with van der Waals surface area (Å²) >= 11 is 5.61. The fraction of sp³-hybridized carbons (Fsp3) is 0.583. The van der Waals surface area contributed by atoms with Gasteiger partial charge in [-0.2, -0.15) is 0 Å². The smallest absolute Gasteiger partial charge is 0.287 e. The van der Waals surface area contributed by atoms with E-state index in [0.29, 0.717) is 5.41 Å². The van der Waals surface area contributed by atoms with E-state index in [0.717, 1.165) is 13.0 Å². The summed E-state index contributed by atoms with van der Waals surface area (Å²) < 4.78 is 5.05. The molecule has 0 bridgehead atoms. The van der Waals surface area contributed by atoms with Crippen LogP contribution in [0.25, 0.3) is 0 Å². The summed E-state index contributed by atoms with van der Waals surface area (Å²) in [5, 5.41) is 3.16. The SMILES string of the molecule is CCC1(CNC(=O)c2ccc(Cl)o2)CCC1. The van der Waals surface area contributed by atoms with Crippen LogP contribution in [0.15, 0.2) is 16.5 Å². The molecule has 1 aromatic heterocycles. The lowest BCUT2D eigenvalue weighted by Crippen LogP contribution is -2.41. The van der Waals surface area contributed by atoms with Gasteiger partial charge in [-0.15, -0.1) is 0 Å². The van der Waals surface area contributed by atoms with Crippen molar-refractivity contribution >= 4 is 17.5 Å². The van der Waals surface area contributed by atoms with Crippen LogP contribution in [0.3, 0.4) is 0 Å². The molecule has 0 aromatic carbocycles. The largest absolute Gasteiger partial charge is 0.440 e. The minimum absolute atomic E-state index is 0.174. The third kappa shape index (κ3) is 2.24. The van der Waals surface area contributed by atoms with E-state index in [1.807, 2.05) is 0 Å². The topological polar surface area (TPSA) is 42.2 Å². The van der Waals surface area contributed by atoms with Gasteiger partial charge in [-0.05, 0) is 48.4 Å². The summed E-state index contributed by atoms with van der Waals surface area (Å²) in [7, 11) is 0. The van der Waals surface area contributed by atoms with Crippen LogP contribution >= 0.6 is 11.6 Å². The number of carbonyl (C=O) groups excluding carboxylic acids is 1. The molecule has 0 spiro atoms. The molecular formula is C12H16ClNO2. The number of halogens is 1. The summed E-state index contributed by atoms with van der Waals surface area (Å²) in [6.07, 6.45) is 4.81. The van der Waals surface area contributed by atoms with Crippen molar-refractivity contribution in [3.8, 4) is 0 Å². The number of furan rings is 1. The molecule has 3 nitrogen and oxygen atoms in total. The molecule has 0 atom stereocenters. The molecule has 1 saturated carbocycles. The Morgan fingerprint density at radius 2 is 2.31 bits per heavy atom. The van der Waals surface area contributed by atoms with Gasteiger partial charge in [0.05, 0.1) is 0 Å². The van der Waals surface area contributed by atoms with Gasteiger partial charge in [-0.3, -0.25) is 4.79 Å². The molecule has 88 valence electrons. The Balaban J connectivity index is 1.88. The third-order valence-corrected chi connectivity index (χ3v) is 3.79. The molecule has 1 amide bonds. The van der Waals surface area contributed by atoms with Crippen LogP contribution in [-0.4, -0.2) is 12.5 Å². The molecule has 1 heterocycles. The Labute approximate surface area is 100 Å². The first-order valence-electron chi connectivity index (χ1n) is 5.69. The quantitative estimate of drug-likeness (QED) is 0.879. The molecule has 1 aromatic rings. The molecular weight excluding hydrogens is 226 g/mol. The van der Waals surface area contributed by atoms with Gasteiger partial charge in [0, 0.05) is 6.54 Å². The fourth-order valence-electron chi connectivity index (χ4n) is 2.12. The van der Waals surface area contributed by atoms with Crippen LogP contribution in [-0.2, 0) is 0 Å². The molecule has 1 aliphatic carbocycles. The summed E-state index contributed by atoms with van der Waals surface area (Å²) in [4.78, 5) is 11.7. The predicted molar refractivity (Wildman–Crippen MR) is 62.6 cm³/mol. The highest BCUT2D eigenvalue weighted by Gasteiger charge is 2.35. The third-order valence-electron chi connectivity index (χ3n) is 3.59. The van der Waals surface area contributed by atoms with Gasteiger partial charge in [0.15, 0.2) is 11.0 Å². The summed E-state index contributed by atoms with van der Waals surface area (Å²) in [6, 6.07) is 3.17. The zero-order chi connectivity index (χ0) is 11.6. The van der Waals surface area contributed by atoms with Crippen molar-refractivity contribution in [2.75, 3.05) is 6.54 Å². The van der Waals surface area contributed by atoms with Crippen molar-refractivity contribution in [1.82, 2.24) is 5.32 Å². The highest BCUT2D eigenvalue weighted by atomic mass is 35.5. The van der Waals surface area contributed by atoms with Crippen LogP contribution in [0, 0.1) is 5.41 Å². The fourth-order valence-corrected chi connectivity index (χ4v) is 2.27. The van der Waals surface area contributed by atoms with E-state index in [1.165, 1.54) is 19.3 Å². The van der Waals surface area contributed by atoms with Gasteiger partial charge < -0.3 is 9.73 Å². The zero-order valence-corrected chi connectivity index (χ0v) is 10.1. The van der Waals surface area contributed by atoms with Crippen LogP contribution in [0.1, 0.15) is 43.2 Å². The minimum Gasteiger partial charge on any atom is -0.440 e. The molecule has 1 N–H and O–H groups in total. The Hall–Kier alpha value is -0.960. The lowest BCUT2D eigenvalue weighted by molar-refractivity contribution is 0.0825. The maximum atomic E-state index is 11.7. The Morgan fingerprint density at radius 3 is 2.75 bits per heavy atom. The highest BCUT2D eigenvalue weighted by molar-refractivity contribution is 6.29. The number of amides is 1. The van der Waals surface area contributed by atoms with Crippen LogP contribution in [0.5, 0.6) is 0 Å². The van der Waals surface area contributed by atoms with Gasteiger partial charge >= 0.3 is 0 Å². The van der Waals surface area contributed by atoms with Gasteiger partial charge in [-0.1, -0.05) is 13.3 Å². The second kappa shape index (κ2) is 4.50. The second-order valence-corrected chi connectivity index (χ2v) is 4.87. The van der Waals surface area contributed by atoms with E-state index in [9.17, 15) is 4.79 Å². The Bertz CT molecular complexity index is 377. The highest BCUT2D eigenvalue weighted by Crippen LogP contribution is 2.43. The monoisotopic (exact) mass is 241 g/mol. The van der Waals surface area contributed by atoms with E-state index >= 15 is 0 Å². The summed E-state index contributed by atoms with van der Waals surface area (Å²) in [5.74, 6) is 0.113. The van der Waals surface area contributed by atoms with Crippen molar-refractivity contribution in [3.63, 3.8) is 0 Å². The first-order chi connectivity index (χ1) is 7.65. The van der Waals surface area contributed by atoms with Gasteiger partial charge in [0.2, 0.25) is 0 Å². The van der Waals surface area contributed by atoms with Crippen molar-refractivity contribution < 1.29 is 9.21 Å². The Morgan fingerprint density at radius 1 is 1.56 bits per heavy atom. The lowest BCUT2D eigenvalue weighted by atomic mass is 9.67. The van der Waals surface area contributed by atoms with E-state index in [-0.39, 0.29) is 16.9 Å². The maximum Gasteiger partial charge on any atom is 0.287 e. The van der Waals surface area contributed by atoms with Crippen molar-refractivity contribution in [2.24, 2.45) is 5.41 Å². The van der Waals surface area contributed by atoms with E-state index in [4.69, 9.17) is 16.0 Å². The van der Waals surface area contributed by atoms with Crippen molar-refractivity contribution in [2.45, 2.75) is 32.6 Å². The molecule has 2 rings (SSSR count). The molecule has 0 aliphatic heterocycles. The molecule has 0 unspecified atom stereocenters. The molecule has 16 heavy (non-hydrogen) atoms. The number of carbonyl (C=O) groups is 1. The average Bonchev–Trinajstić information content (AvgIpc) is 2.64. The molecule has 1 fully saturated rings. The van der Waals surface area contributed by atoms with Gasteiger partial charge in [0.25, 0.3) is 5.91 Å². The summed E-state index contributed by atoms with van der Waals surface area (Å²) in [5.41, 5.74) is 0.325. The van der Waals surface area contributed by atoms with E-state index in [1.54, 1.807) is 12.1 Å². The molecule has 0 radical (unpaired) electrons. The first kappa shape index (κ1) is 11.5. The van der Waals surface area contributed by atoms with Crippen LogP contribution in [0.2, 0.25) is 5.22 Å². The predicted octanol–water partition coefficient (Wildman–Crippen LogP) is 3.24. The zero-order valence-electron chi connectivity index (χ0n) is 9.38. The number of nitrogens with one attached hydrogen (secondary N) is 1. The molecule has 4 heteroatoms. The van der Waals surface area contributed by atoms with Crippen LogP contribution < -0.4 is 5.32 Å². The van der Waals surface area contributed by atoms with Crippen LogP contribution in [0.4, 0.5) is 0 Å². The number of rotatable bonds is 4. The minimum atomic E-state index is -0.174. The second-order valence-electron chi connectivity index (χ2n) is 4.49. The maximum absolute atomic E-state index is 11.7. The molecule has 1 aliphatic rings. The molecule has 0 saturated heterocycles. The summed E-state index contributed by atoms with van der Waals surface area (Å²) in [6.45, 7) is 2.91. The van der Waals surface area contributed by atoms with Crippen molar-refractivity contribution in [1.29, 1.82) is 0 Å². The normalized spacial score (nSPS) is 17.9. The van der Waals surface area contributed by atoms with E-state index in [2.05, 4.69) is 12.2 Å². The van der Waals surface area contributed by atoms with E-state index < -0.39 is 0 Å². The first-order valence-corrected chi connectivity index (χ1v) is 6.06. The lowest BCUT2D eigenvalue weighted by Gasteiger charge is -2.41. The van der Waals surface area contributed by atoms with Gasteiger partial charge in [0.1, 0.15) is 0 Å².